The average molecular weight is 1050 g/mol. The number of amidine groups is 1. The number of aromatic nitrogens is 3. The summed E-state index contributed by atoms with van der Waals surface area (Å²) in [6.07, 6.45) is 10.3. The van der Waals surface area contributed by atoms with Gasteiger partial charge in [-0.05, 0) is 73.4 Å². The summed E-state index contributed by atoms with van der Waals surface area (Å²) in [7, 11) is 2.94. The van der Waals surface area contributed by atoms with Gasteiger partial charge >= 0.3 is 0 Å². The first-order valence-electron chi connectivity index (χ1n) is 26.1. The predicted molar refractivity (Wildman–Crippen MR) is 292 cm³/mol. The summed E-state index contributed by atoms with van der Waals surface area (Å²) in [6, 6.07) is 19.2. The van der Waals surface area contributed by atoms with E-state index in [-0.39, 0.29) is 83.2 Å². The molecule has 5 rings (SSSR count). The Balaban J connectivity index is 1.31. The Morgan fingerprint density at radius 3 is 1.72 bits per heavy atom. The summed E-state index contributed by atoms with van der Waals surface area (Å²) in [5.74, 6) is -3.15. The molecule has 410 valence electrons. The van der Waals surface area contributed by atoms with Crippen molar-refractivity contribution in [1.29, 1.82) is 5.41 Å². The maximum atomic E-state index is 14.5. The number of nitrogens with zero attached hydrogens (tertiary/aromatic N) is 7. The molecule has 2 aromatic carbocycles. The molecule has 0 fully saturated rings. The van der Waals surface area contributed by atoms with Crippen LogP contribution in [0.1, 0.15) is 62.6 Å². The van der Waals surface area contributed by atoms with Crippen LogP contribution in [0.15, 0.2) is 85.5 Å². The third-order valence-electron chi connectivity index (χ3n) is 12.9. The summed E-state index contributed by atoms with van der Waals surface area (Å²) in [5, 5.41) is 15.6. The van der Waals surface area contributed by atoms with E-state index in [2.05, 4.69) is 25.6 Å². The Morgan fingerprint density at radius 1 is 0.632 bits per heavy atom. The first-order chi connectivity index (χ1) is 36.7. The molecule has 21 heteroatoms. The van der Waals surface area contributed by atoms with Gasteiger partial charge in [-0.1, -0.05) is 56.3 Å². The summed E-state index contributed by atoms with van der Waals surface area (Å²) >= 11 is 0. The zero-order valence-electron chi connectivity index (χ0n) is 44.6. The first-order valence-corrected chi connectivity index (χ1v) is 26.1. The van der Waals surface area contributed by atoms with Crippen LogP contribution < -0.4 is 16.4 Å². The molecule has 0 unspecified atom stereocenters. The molecule has 5 aromatic rings. The lowest BCUT2D eigenvalue weighted by molar-refractivity contribution is -0.147. The highest BCUT2D eigenvalue weighted by Crippen LogP contribution is 2.20. The van der Waals surface area contributed by atoms with Crippen LogP contribution in [0.25, 0.3) is 21.8 Å². The topological polar surface area (TPSA) is 267 Å². The number of nitrogens with two attached hydrogens (primary N) is 1. The Labute approximate surface area is 445 Å². The molecule has 0 spiro atoms. The van der Waals surface area contributed by atoms with E-state index in [1.54, 1.807) is 18.5 Å². The van der Waals surface area contributed by atoms with Crippen molar-refractivity contribution >= 4 is 69.0 Å². The van der Waals surface area contributed by atoms with Crippen LogP contribution in [-0.4, -0.2) is 197 Å². The third kappa shape index (κ3) is 18.9. The summed E-state index contributed by atoms with van der Waals surface area (Å²) in [4.78, 5) is 117. The Hall–Kier alpha value is -7.65. The number of para-hydroxylation sites is 2. The number of fused-ring (bicyclic) bond motifs is 2. The number of rotatable bonds is 34. The van der Waals surface area contributed by atoms with Crippen molar-refractivity contribution in [2.24, 2.45) is 5.73 Å². The van der Waals surface area contributed by atoms with Gasteiger partial charge in [-0.25, -0.2) is 0 Å². The van der Waals surface area contributed by atoms with Gasteiger partial charge in [-0.15, -0.1) is 0 Å². The predicted octanol–water partition coefficient (Wildman–Crippen LogP) is 2.91. The largest absolute Gasteiger partial charge is 0.388 e. The van der Waals surface area contributed by atoms with Gasteiger partial charge in [0.25, 0.3) is 0 Å². The van der Waals surface area contributed by atoms with E-state index in [0.717, 1.165) is 44.9 Å². The number of nitrogens with one attached hydrogen (secondary N) is 5. The molecule has 3 heterocycles. The van der Waals surface area contributed by atoms with Crippen molar-refractivity contribution in [2.75, 3.05) is 106 Å². The number of carbonyl (C=O) groups excluding carboxylic acids is 7. The van der Waals surface area contributed by atoms with E-state index in [0.29, 0.717) is 51.6 Å². The van der Waals surface area contributed by atoms with Crippen molar-refractivity contribution in [3.05, 3.63) is 102 Å². The van der Waals surface area contributed by atoms with E-state index in [9.17, 15) is 33.6 Å². The fourth-order valence-corrected chi connectivity index (χ4v) is 8.62. The first kappa shape index (κ1) is 59.2. The number of methoxy groups -OCH3 is 1. The quantitative estimate of drug-likeness (QED) is 0.0198. The van der Waals surface area contributed by atoms with Gasteiger partial charge in [-0.3, -0.25) is 44.0 Å². The van der Waals surface area contributed by atoms with E-state index in [1.165, 1.54) is 43.6 Å². The van der Waals surface area contributed by atoms with Gasteiger partial charge < -0.3 is 60.5 Å². The van der Waals surface area contributed by atoms with Crippen molar-refractivity contribution in [2.45, 2.75) is 65.3 Å². The minimum Gasteiger partial charge on any atom is -0.388 e. The number of likely N-dealkylation sites (N-methyl/N-ethyl adjacent to an activating group) is 1. The molecule has 0 radical (unpaired) electrons. The lowest BCUT2D eigenvalue weighted by Crippen LogP contribution is -2.52. The van der Waals surface area contributed by atoms with Crippen LogP contribution in [-0.2, 0) is 57.7 Å². The van der Waals surface area contributed by atoms with Gasteiger partial charge in [-0.2, -0.15) is 0 Å². The minimum atomic E-state index is -0.557. The molecule has 76 heavy (non-hydrogen) atoms. The molecule has 0 aliphatic heterocycles. The molecule has 0 saturated heterocycles. The van der Waals surface area contributed by atoms with Crippen LogP contribution >= 0.6 is 0 Å². The van der Waals surface area contributed by atoms with Crippen molar-refractivity contribution in [1.82, 2.24) is 55.0 Å². The highest BCUT2D eigenvalue weighted by Gasteiger charge is 2.29. The number of benzene rings is 2. The number of ether oxygens (including phenoxy) is 1. The summed E-state index contributed by atoms with van der Waals surface area (Å²) in [5.41, 5.74) is 10.2. The van der Waals surface area contributed by atoms with Gasteiger partial charge in [0.05, 0.1) is 58.3 Å². The molecule has 0 saturated carbocycles. The lowest BCUT2D eigenvalue weighted by atomic mass is 10.1. The number of pyridine rings is 1. The van der Waals surface area contributed by atoms with Crippen LogP contribution in [0.4, 0.5) is 0 Å². The maximum Gasteiger partial charge on any atom is 0.242 e. The molecular weight excluding hydrogens is 971 g/mol. The number of H-pyrrole nitrogens is 2. The van der Waals surface area contributed by atoms with E-state index < -0.39 is 49.2 Å². The fraction of sp³-hybridized carbons (Fsp3) is 0.473. The average Bonchev–Trinajstić information content (AvgIpc) is 4.04. The van der Waals surface area contributed by atoms with Gasteiger partial charge in [0.1, 0.15) is 0 Å². The molecular formula is C55H77N13O8. The van der Waals surface area contributed by atoms with E-state index >= 15 is 0 Å². The Bertz CT molecular complexity index is 2690. The zero-order chi connectivity index (χ0) is 54.8. The number of hydrogen-bond acceptors (Lipinski definition) is 11. The highest BCUT2D eigenvalue weighted by molar-refractivity contribution is 5.93. The van der Waals surface area contributed by atoms with Crippen LogP contribution in [0, 0.1) is 5.41 Å². The normalized spacial score (nSPS) is 11.1. The van der Waals surface area contributed by atoms with E-state index in [4.69, 9.17) is 15.9 Å². The molecule has 0 aliphatic rings. The summed E-state index contributed by atoms with van der Waals surface area (Å²) < 4.78 is 5.25. The maximum absolute atomic E-state index is 14.5. The monoisotopic (exact) mass is 1050 g/mol. The number of unbranched alkanes of at least 4 members (excludes halogenated alkanes) is 1. The molecule has 0 aliphatic carbocycles. The Kier molecular flexibility index (Phi) is 24.4. The van der Waals surface area contributed by atoms with Gasteiger partial charge in [0.15, 0.2) is 0 Å². The van der Waals surface area contributed by atoms with Crippen LogP contribution in [0.2, 0.25) is 0 Å². The van der Waals surface area contributed by atoms with E-state index in [1.807, 2.05) is 80.8 Å². The highest BCUT2D eigenvalue weighted by atomic mass is 16.5. The SMILES string of the molecule is CCCNC(=O)CN(CCc1c[nH]c2ccccc12)C(=O)CN(CCC)C(=O)CN(CCc1c[nH]c2ccccc12)C(=O)CN(C)C(=O)CN(CCCCC(=N)N)C(=O)CN(CCOC)C(=O)CNCc1cccnc1. The van der Waals surface area contributed by atoms with Crippen LogP contribution in [0.5, 0.6) is 0 Å². The second-order valence-corrected chi connectivity index (χ2v) is 18.8. The molecule has 7 N–H and O–H groups in total. The van der Waals surface area contributed by atoms with Crippen molar-refractivity contribution < 1.29 is 38.3 Å². The fourth-order valence-electron chi connectivity index (χ4n) is 8.62. The number of amides is 7. The second kappa shape index (κ2) is 31.3. The third-order valence-corrected chi connectivity index (χ3v) is 12.9. The number of carbonyl (C=O) groups is 7. The number of hydrogen-bond donors (Lipinski definition) is 6. The second-order valence-electron chi connectivity index (χ2n) is 18.8. The zero-order valence-corrected chi connectivity index (χ0v) is 44.6. The standard InChI is InChI=1S/C55H77N13O8/c1-5-22-60-49(69)35-66(26-20-42-32-61-46-17-9-7-15-44(42)46)55(75)38-64(24-6-2)53(73)39-67(27-21-43-33-62-47-18-10-8-16-45(43)47)52(72)36-63(3)51(71)37-65(25-12-11-19-48(56)57)54(74)40-68(28-29-76-4)50(70)34-59-31-41-14-13-23-58-30-41/h7-10,13-18,23,30,32-33,59,61-62H,5-6,11-12,19-22,24-29,31,34-40H2,1-4H3,(H3,56,57)(H,60,69). The molecule has 0 atom stereocenters. The van der Waals surface area contributed by atoms with Crippen molar-refractivity contribution in [3.8, 4) is 0 Å². The molecule has 21 nitrogen and oxygen atoms in total. The molecule has 3 aromatic heterocycles. The lowest BCUT2D eigenvalue weighted by Gasteiger charge is -2.31. The minimum absolute atomic E-state index is 0.00867. The van der Waals surface area contributed by atoms with Gasteiger partial charge in [0.2, 0.25) is 41.4 Å². The van der Waals surface area contributed by atoms with Gasteiger partial charge in [0, 0.05) is 113 Å². The number of aromatic amines is 2. The molecule has 0 bridgehead atoms. The molecule has 7 amide bonds. The Morgan fingerprint density at radius 2 is 1.17 bits per heavy atom. The smallest absolute Gasteiger partial charge is 0.242 e. The van der Waals surface area contributed by atoms with Crippen molar-refractivity contribution in [3.63, 3.8) is 0 Å². The summed E-state index contributed by atoms with van der Waals surface area (Å²) in [6.45, 7) is 3.42. The van der Waals surface area contributed by atoms with Crippen LogP contribution in [0.3, 0.4) is 0 Å².